The van der Waals surface area contributed by atoms with E-state index in [-0.39, 0.29) is 11.5 Å². The van der Waals surface area contributed by atoms with Gasteiger partial charge in [0.2, 0.25) is 11.6 Å². The SMILES string of the molecule is CNc1ncnc(N2CCSCC2)c1[N+](=O)[O-]. The summed E-state index contributed by atoms with van der Waals surface area (Å²) >= 11 is 1.85. The Bertz CT molecular complexity index is 422. The molecule has 2 rings (SSSR count). The molecule has 1 aromatic rings. The lowest BCUT2D eigenvalue weighted by Crippen LogP contribution is -2.33. The second kappa shape index (κ2) is 5.17. The average Bonchev–Trinajstić information content (AvgIpc) is 2.38. The highest BCUT2D eigenvalue weighted by Gasteiger charge is 2.27. The second-order valence-electron chi connectivity index (χ2n) is 3.50. The largest absolute Gasteiger partial charge is 0.367 e. The van der Waals surface area contributed by atoms with E-state index in [4.69, 9.17) is 0 Å². The summed E-state index contributed by atoms with van der Waals surface area (Å²) in [5, 5.41) is 13.8. The Morgan fingerprint density at radius 1 is 1.47 bits per heavy atom. The van der Waals surface area contributed by atoms with Gasteiger partial charge in [-0.3, -0.25) is 10.1 Å². The second-order valence-corrected chi connectivity index (χ2v) is 4.73. The van der Waals surface area contributed by atoms with Crippen LogP contribution in [-0.4, -0.2) is 46.5 Å². The van der Waals surface area contributed by atoms with Crippen molar-refractivity contribution >= 4 is 29.1 Å². The van der Waals surface area contributed by atoms with Crippen LogP contribution in [0.3, 0.4) is 0 Å². The molecule has 0 atom stereocenters. The number of nitrogens with zero attached hydrogens (tertiary/aromatic N) is 4. The van der Waals surface area contributed by atoms with Gasteiger partial charge in [0, 0.05) is 31.6 Å². The third kappa shape index (κ3) is 2.41. The van der Waals surface area contributed by atoms with E-state index in [1.165, 1.54) is 6.33 Å². The lowest BCUT2D eigenvalue weighted by Gasteiger charge is -2.26. The van der Waals surface area contributed by atoms with Crippen LogP contribution in [0.25, 0.3) is 0 Å². The van der Waals surface area contributed by atoms with Crippen molar-refractivity contribution < 1.29 is 4.92 Å². The Morgan fingerprint density at radius 2 is 2.18 bits per heavy atom. The zero-order valence-electron chi connectivity index (χ0n) is 9.42. The maximum atomic E-state index is 11.1. The smallest absolute Gasteiger partial charge is 0.353 e. The van der Waals surface area contributed by atoms with E-state index in [1.54, 1.807) is 7.05 Å². The zero-order chi connectivity index (χ0) is 12.3. The topological polar surface area (TPSA) is 84.2 Å². The number of thioether (sulfide) groups is 1. The lowest BCUT2D eigenvalue weighted by atomic mass is 10.3. The van der Waals surface area contributed by atoms with Gasteiger partial charge in [-0.15, -0.1) is 0 Å². The van der Waals surface area contributed by atoms with Gasteiger partial charge in [0.05, 0.1) is 4.92 Å². The summed E-state index contributed by atoms with van der Waals surface area (Å²) in [6.07, 6.45) is 1.36. The summed E-state index contributed by atoms with van der Waals surface area (Å²) in [6.45, 7) is 1.57. The molecule has 1 aliphatic heterocycles. The first-order chi connectivity index (χ1) is 8.24. The standard InChI is InChI=1S/C9H13N5O2S/c1-10-8-7(14(15)16)9(12-6-11-8)13-2-4-17-5-3-13/h6H,2-5H2,1H3,(H,10,11,12). The van der Waals surface area contributed by atoms with E-state index in [0.29, 0.717) is 5.82 Å². The van der Waals surface area contributed by atoms with Crippen LogP contribution in [0.1, 0.15) is 0 Å². The molecule has 1 N–H and O–H groups in total. The number of nitrogens with one attached hydrogen (secondary N) is 1. The summed E-state index contributed by atoms with van der Waals surface area (Å²) in [6, 6.07) is 0. The molecule has 0 radical (unpaired) electrons. The molecule has 17 heavy (non-hydrogen) atoms. The van der Waals surface area contributed by atoms with Gasteiger partial charge < -0.3 is 10.2 Å². The molecule has 1 saturated heterocycles. The fourth-order valence-electron chi connectivity index (χ4n) is 1.73. The molecular formula is C9H13N5O2S. The minimum Gasteiger partial charge on any atom is -0.367 e. The van der Waals surface area contributed by atoms with Crippen molar-refractivity contribution in [2.45, 2.75) is 0 Å². The van der Waals surface area contributed by atoms with Crippen LogP contribution in [0.15, 0.2) is 6.33 Å². The Labute approximate surface area is 103 Å². The highest BCUT2D eigenvalue weighted by molar-refractivity contribution is 7.99. The van der Waals surface area contributed by atoms with Crippen molar-refractivity contribution in [3.8, 4) is 0 Å². The third-order valence-corrected chi connectivity index (χ3v) is 3.48. The predicted molar refractivity (Wildman–Crippen MR) is 67.8 cm³/mol. The minimum atomic E-state index is -0.428. The summed E-state index contributed by atoms with van der Waals surface area (Å²) in [7, 11) is 1.62. The van der Waals surface area contributed by atoms with Gasteiger partial charge >= 0.3 is 5.69 Å². The van der Waals surface area contributed by atoms with E-state index in [1.807, 2.05) is 16.7 Å². The highest BCUT2D eigenvalue weighted by atomic mass is 32.2. The number of nitro groups is 1. The van der Waals surface area contributed by atoms with Crippen LogP contribution >= 0.6 is 11.8 Å². The van der Waals surface area contributed by atoms with Crippen molar-refractivity contribution in [1.29, 1.82) is 0 Å². The maximum Gasteiger partial charge on any atom is 0.353 e. The van der Waals surface area contributed by atoms with Crippen molar-refractivity contribution in [2.75, 3.05) is 41.9 Å². The molecule has 2 heterocycles. The third-order valence-electron chi connectivity index (χ3n) is 2.53. The number of hydrogen-bond acceptors (Lipinski definition) is 7. The molecule has 0 aliphatic carbocycles. The number of anilines is 2. The van der Waals surface area contributed by atoms with Crippen LogP contribution < -0.4 is 10.2 Å². The van der Waals surface area contributed by atoms with Crippen LogP contribution in [0.2, 0.25) is 0 Å². The number of hydrogen-bond donors (Lipinski definition) is 1. The molecular weight excluding hydrogens is 242 g/mol. The van der Waals surface area contributed by atoms with Crippen molar-refractivity contribution in [3.05, 3.63) is 16.4 Å². The molecule has 0 saturated carbocycles. The fourth-order valence-corrected chi connectivity index (χ4v) is 2.63. The molecule has 0 aromatic carbocycles. The van der Waals surface area contributed by atoms with Gasteiger partial charge in [0.1, 0.15) is 6.33 Å². The van der Waals surface area contributed by atoms with Crippen molar-refractivity contribution in [3.63, 3.8) is 0 Å². The quantitative estimate of drug-likeness (QED) is 0.636. The highest BCUT2D eigenvalue weighted by Crippen LogP contribution is 2.32. The van der Waals surface area contributed by atoms with Crippen molar-refractivity contribution in [1.82, 2.24) is 9.97 Å². The monoisotopic (exact) mass is 255 g/mol. The average molecular weight is 255 g/mol. The van der Waals surface area contributed by atoms with Crippen LogP contribution in [0, 0.1) is 10.1 Å². The van der Waals surface area contributed by atoms with Gasteiger partial charge in [-0.25, -0.2) is 9.97 Å². The Balaban J connectivity index is 2.40. The van der Waals surface area contributed by atoms with E-state index < -0.39 is 4.92 Å². The summed E-state index contributed by atoms with van der Waals surface area (Å²) in [5.74, 6) is 2.61. The molecule has 1 aromatic heterocycles. The molecule has 7 nitrogen and oxygen atoms in total. The normalized spacial score (nSPS) is 15.7. The van der Waals surface area contributed by atoms with Gasteiger partial charge in [0.15, 0.2) is 0 Å². The predicted octanol–water partition coefficient (Wildman–Crippen LogP) is 0.980. The number of aromatic nitrogens is 2. The first-order valence-corrected chi connectivity index (χ1v) is 6.39. The van der Waals surface area contributed by atoms with Gasteiger partial charge in [-0.2, -0.15) is 11.8 Å². The lowest BCUT2D eigenvalue weighted by molar-refractivity contribution is -0.383. The molecule has 8 heteroatoms. The van der Waals surface area contributed by atoms with E-state index >= 15 is 0 Å². The maximum absolute atomic E-state index is 11.1. The molecule has 0 bridgehead atoms. The first kappa shape index (κ1) is 11.9. The Hall–Kier alpha value is -1.57. The first-order valence-electron chi connectivity index (χ1n) is 5.24. The fraction of sp³-hybridized carbons (Fsp3) is 0.556. The molecule has 0 amide bonds. The molecule has 92 valence electrons. The Kier molecular flexibility index (Phi) is 3.62. The van der Waals surface area contributed by atoms with E-state index in [9.17, 15) is 10.1 Å². The van der Waals surface area contributed by atoms with E-state index in [2.05, 4.69) is 15.3 Å². The summed E-state index contributed by atoms with van der Waals surface area (Å²) in [4.78, 5) is 20.5. The van der Waals surface area contributed by atoms with Crippen LogP contribution in [-0.2, 0) is 0 Å². The zero-order valence-corrected chi connectivity index (χ0v) is 10.2. The van der Waals surface area contributed by atoms with Crippen LogP contribution in [0.4, 0.5) is 17.3 Å². The van der Waals surface area contributed by atoms with Gasteiger partial charge in [-0.05, 0) is 0 Å². The van der Waals surface area contributed by atoms with Crippen LogP contribution in [0.5, 0.6) is 0 Å². The summed E-state index contributed by atoms with van der Waals surface area (Å²) in [5.41, 5.74) is -0.0399. The minimum absolute atomic E-state index is 0.0399. The van der Waals surface area contributed by atoms with Gasteiger partial charge in [0.25, 0.3) is 0 Å². The molecule has 1 aliphatic rings. The molecule has 0 unspecified atom stereocenters. The Morgan fingerprint density at radius 3 is 2.76 bits per heavy atom. The van der Waals surface area contributed by atoms with E-state index in [0.717, 1.165) is 24.6 Å². The summed E-state index contributed by atoms with van der Waals surface area (Å²) < 4.78 is 0. The molecule has 0 spiro atoms. The number of rotatable bonds is 3. The molecule has 1 fully saturated rings. The van der Waals surface area contributed by atoms with Crippen molar-refractivity contribution in [2.24, 2.45) is 0 Å². The van der Waals surface area contributed by atoms with Gasteiger partial charge in [-0.1, -0.05) is 0 Å².